The van der Waals surface area contributed by atoms with E-state index >= 15 is 0 Å². The van der Waals surface area contributed by atoms with E-state index < -0.39 is 11.6 Å². The number of nitrogens with one attached hydrogen (secondary N) is 1. The van der Waals surface area contributed by atoms with Crippen molar-refractivity contribution in [3.05, 3.63) is 35.4 Å². The lowest BCUT2D eigenvalue weighted by molar-refractivity contribution is 0.0978. The van der Waals surface area contributed by atoms with E-state index in [0.717, 1.165) is 12.1 Å². The minimum absolute atomic E-state index is 0.0338. The lowest BCUT2D eigenvalue weighted by atomic mass is 10.1. The molecule has 0 atom stereocenters. The van der Waals surface area contributed by atoms with Crippen molar-refractivity contribution in [2.45, 2.75) is 26.3 Å². The molecule has 0 aromatic heterocycles. The maximum Gasteiger partial charge on any atom is 0.179 e. The average Bonchev–Trinajstić information content (AvgIpc) is 2.13. The number of hydrogen-bond donors (Lipinski definition) is 1. The van der Waals surface area contributed by atoms with E-state index in [1.165, 1.54) is 0 Å². The fraction of sp³-hybridized carbons (Fsp3) is 0.417. The molecule has 1 rings (SSSR count). The Labute approximate surface area is 93.7 Å². The molecule has 1 N–H and O–H groups in total. The fourth-order valence-electron chi connectivity index (χ4n) is 1.16. The molecule has 0 heterocycles. The van der Waals surface area contributed by atoms with Crippen molar-refractivity contribution in [1.82, 2.24) is 5.32 Å². The van der Waals surface area contributed by atoms with Gasteiger partial charge in [-0.15, -0.1) is 0 Å². The third-order valence-corrected chi connectivity index (χ3v) is 2.01. The van der Waals surface area contributed by atoms with E-state index in [4.69, 9.17) is 0 Å². The molecule has 4 heteroatoms. The first-order valence-electron chi connectivity index (χ1n) is 5.03. The van der Waals surface area contributed by atoms with Crippen LogP contribution in [0.2, 0.25) is 0 Å². The minimum atomic E-state index is -0.819. The summed E-state index contributed by atoms with van der Waals surface area (Å²) in [6.45, 7) is 5.75. The maximum absolute atomic E-state index is 13.2. The summed E-state index contributed by atoms with van der Waals surface area (Å²) in [6.07, 6.45) is 0. The SMILES string of the molecule is CC(C)(C)NCC(=O)c1ccc(F)cc1F. The molecule has 1 aromatic carbocycles. The van der Waals surface area contributed by atoms with Crippen LogP contribution in [0, 0.1) is 11.6 Å². The number of halogens is 2. The predicted octanol–water partition coefficient (Wildman–Crippen LogP) is 2.54. The molecular weight excluding hydrogens is 212 g/mol. The minimum Gasteiger partial charge on any atom is -0.305 e. The van der Waals surface area contributed by atoms with Gasteiger partial charge in [-0.3, -0.25) is 4.79 Å². The van der Waals surface area contributed by atoms with Crippen LogP contribution >= 0.6 is 0 Å². The highest BCUT2D eigenvalue weighted by Crippen LogP contribution is 2.10. The van der Waals surface area contributed by atoms with Crippen molar-refractivity contribution in [2.24, 2.45) is 0 Å². The third-order valence-electron chi connectivity index (χ3n) is 2.01. The molecule has 1 aromatic rings. The Balaban J connectivity index is 2.74. The number of carbonyl (C=O) groups excluding carboxylic acids is 1. The molecule has 0 saturated heterocycles. The van der Waals surface area contributed by atoms with Crippen LogP contribution in [-0.4, -0.2) is 17.9 Å². The van der Waals surface area contributed by atoms with Gasteiger partial charge in [-0.05, 0) is 32.9 Å². The van der Waals surface area contributed by atoms with Gasteiger partial charge >= 0.3 is 0 Å². The van der Waals surface area contributed by atoms with Gasteiger partial charge in [0.1, 0.15) is 11.6 Å². The number of benzene rings is 1. The Bertz CT molecular complexity index is 396. The second-order valence-electron chi connectivity index (χ2n) is 4.65. The number of carbonyl (C=O) groups is 1. The molecule has 0 fully saturated rings. The van der Waals surface area contributed by atoms with Crippen molar-refractivity contribution in [2.75, 3.05) is 6.54 Å². The molecule has 0 bridgehead atoms. The summed E-state index contributed by atoms with van der Waals surface area (Å²) >= 11 is 0. The predicted molar refractivity (Wildman–Crippen MR) is 58.4 cm³/mol. The van der Waals surface area contributed by atoms with Crippen LogP contribution < -0.4 is 5.32 Å². The topological polar surface area (TPSA) is 29.1 Å². The Morgan fingerprint density at radius 2 is 1.94 bits per heavy atom. The van der Waals surface area contributed by atoms with E-state index in [1.807, 2.05) is 20.8 Å². The van der Waals surface area contributed by atoms with Crippen LogP contribution in [0.5, 0.6) is 0 Å². The van der Waals surface area contributed by atoms with E-state index in [-0.39, 0.29) is 23.4 Å². The van der Waals surface area contributed by atoms with Gasteiger partial charge in [0.05, 0.1) is 12.1 Å². The van der Waals surface area contributed by atoms with Crippen LogP contribution in [0.4, 0.5) is 8.78 Å². The van der Waals surface area contributed by atoms with Crippen LogP contribution in [0.15, 0.2) is 18.2 Å². The molecule has 88 valence electrons. The summed E-state index contributed by atoms with van der Waals surface area (Å²) in [7, 11) is 0. The second-order valence-corrected chi connectivity index (χ2v) is 4.65. The Morgan fingerprint density at radius 1 is 1.31 bits per heavy atom. The van der Waals surface area contributed by atoms with E-state index in [9.17, 15) is 13.6 Å². The van der Waals surface area contributed by atoms with E-state index in [0.29, 0.717) is 6.07 Å². The smallest absolute Gasteiger partial charge is 0.179 e. The maximum atomic E-state index is 13.2. The summed E-state index contributed by atoms with van der Waals surface area (Å²) in [5.74, 6) is -1.88. The zero-order valence-corrected chi connectivity index (χ0v) is 9.60. The van der Waals surface area contributed by atoms with Crippen molar-refractivity contribution in [3.63, 3.8) is 0 Å². The molecule has 0 unspecified atom stereocenters. The summed E-state index contributed by atoms with van der Waals surface area (Å²) in [5, 5.41) is 2.95. The summed E-state index contributed by atoms with van der Waals surface area (Å²) in [5.41, 5.74) is -0.301. The van der Waals surface area contributed by atoms with Gasteiger partial charge in [0, 0.05) is 11.6 Å². The zero-order chi connectivity index (χ0) is 12.3. The lowest BCUT2D eigenvalue weighted by Crippen LogP contribution is -2.39. The number of ketones is 1. The van der Waals surface area contributed by atoms with Gasteiger partial charge < -0.3 is 5.32 Å². The van der Waals surface area contributed by atoms with Crippen LogP contribution in [-0.2, 0) is 0 Å². The number of rotatable bonds is 3. The molecule has 2 nitrogen and oxygen atoms in total. The van der Waals surface area contributed by atoms with Gasteiger partial charge in [0.15, 0.2) is 5.78 Å². The van der Waals surface area contributed by atoms with E-state index in [1.54, 1.807) is 0 Å². The Kier molecular flexibility index (Phi) is 3.75. The Hall–Kier alpha value is -1.29. The molecular formula is C12H15F2NO. The van der Waals surface area contributed by atoms with Crippen molar-refractivity contribution in [1.29, 1.82) is 0 Å². The molecule has 0 aliphatic carbocycles. The van der Waals surface area contributed by atoms with Gasteiger partial charge in [-0.25, -0.2) is 8.78 Å². The Morgan fingerprint density at radius 3 is 2.44 bits per heavy atom. The largest absolute Gasteiger partial charge is 0.305 e. The summed E-state index contributed by atoms with van der Waals surface area (Å²) < 4.78 is 25.9. The number of Topliss-reactive ketones (excluding diaryl/α,β-unsaturated/α-hetero) is 1. The van der Waals surface area contributed by atoms with Crippen molar-refractivity contribution >= 4 is 5.78 Å². The normalized spacial score (nSPS) is 11.6. The van der Waals surface area contributed by atoms with Gasteiger partial charge in [-0.2, -0.15) is 0 Å². The highest BCUT2D eigenvalue weighted by molar-refractivity contribution is 5.97. The van der Waals surface area contributed by atoms with Crippen molar-refractivity contribution < 1.29 is 13.6 Å². The van der Waals surface area contributed by atoms with Crippen LogP contribution in [0.1, 0.15) is 31.1 Å². The van der Waals surface area contributed by atoms with E-state index in [2.05, 4.69) is 5.32 Å². The standard InChI is InChI=1S/C12H15F2NO/c1-12(2,3)15-7-11(16)9-5-4-8(13)6-10(9)14/h4-6,15H,7H2,1-3H3. The lowest BCUT2D eigenvalue weighted by Gasteiger charge is -2.19. The molecule has 0 radical (unpaired) electrons. The van der Waals surface area contributed by atoms with Crippen LogP contribution in [0.25, 0.3) is 0 Å². The summed E-state index contributed by atoms with van der Waals surface area (Å²) in [4.78, 5) is 11.6. The molecule has 0 aliphatic heterocycles. The molecule has 0 saturated carbocycles. The van der Waals surface area contributed by atoms with Crippen LogP contribution in [0.3, 0.4) is 0 Å². The first-order chi connectivity index (χ1) is 7.29. The monoisotopic (exact) mass is 227 g/mol. The van der Waals surface area contributed by atoms with Gasteiger partial charge in [0.25, 0.3) is 0 Å². The third kappa shape index (κ3) is 3.70. The molecule has 0 spiro atoms. The number of hydrogen-bond acceptors (Lipinski definition) is 2. The molecule has 16 heavy (non-hydrogen) atoms. The van der Waals surface area contributed by atoms with Crippen molar-refractivity contribution in [3.8, 4) is 0 Å². The second kappa shape index (κ2) is 4.70. The first-order valence-corrected chi connectivity index (χ1v) is 5.03. The average molecular weight is 227 g/mol. The highest BCUT2D eigenvalue weighted by Gasteiger charge is 2.15. The fourth-order valence-corrected chi connectivity index (χ4v) is 1.16. The van der Waals surface area contributed by atoms with Gasteiger partial charge in [-0.1, -0.05) is 0 Å². The van der Waals surface area contributed by atoms with Gasteiger partial charge in [0.2, 0.25) is 0 Å². The highest BCUT2D eigenvalue weighted by atomic mass is 19.1. The molecule has 0 aliphatic rings. The quantitative estimate of drug-likeness (QED) is 0.804. The summed E-state index contributed by atoms with van der Waals surface area (Å²) in [6, 6.07) is 2.95. The molecule has 0 amide bonds. The zero-order valence-electron chi connectivity index (χ0n) is 9.60. The first kappa shape index (κ1) is 12.8.